The summed E-state index contributed by atoms with van der Waals surface area (Å²) in [6.07, 6.45) is 2.94. The van der Waals surface area contributed by atoms with Gasteiger partial charge < -0.3 is 14.8 Å². The molecular weight excluding hydrogens is 460 g/mol. The molecule has 0 aromatic heterocycles. The fourth-order valence-electron chi connectivity index (χ4n) is 5.61. The highest BCUT2D eigenvalue weighted by atomic mass is 35.5. The van der Waals surface area contributed by atoms with E-state index in [0.29, 0.717) is 22.1 Å². The Kier molecular flexibility index (Phi) is 5.77. The number of nitrogens with one attached hydrogen (secondary N) is 1. The van der Waals surface area contributed by atoms with Crippen LogP contribution in [0, 0.1) is 23.7 Å². The van der Waals surface area contributed by atoms with Gasteiger partial charge in [-0.05, 0) is 67.5 Å². The van der Waals surface area contributed by atoms with Crippen LogP contribution in [0.2, 0.25) is 5.02 Å². The van der Waals surface area contributed by atoms with Crippen molar-refractivity contribution in [2.75, 3.05) is 23.9 Å². The van der Waals surface area contributed by atoms with Gasteiger partial charge in [0.15, 0.2) is 6.61 Å². The van der Waals surface area contributed by atoms with Gasteiger partial charge in [-0.3, -0.25) is 19.3 Å². The van der Waals surface area contributed by atoms with Crippen LogP contribution in [-0.2, 0) is 19.1 Å². The Morgan fingerprint density at radius 3 is 2.44 bits per heavy atom. The predicted octanol–water partition coefficient (Wildman–Crippen LogP) is 3.68. The molecule has 0 radical (unpaired) electrons. The minimum atomic E-state index is -0.741. The number of carbonyl (C=O) groups is 4. The van der Waals surface area contributed by atoms with Gasteiger partial charge in [-0.15, -0.1) is 0 Å². The number of halogens is 1. The molecule has 3 fully saturated rings. The van der Waals surface area contributed by atoms with Gasteiger partial charge in [0.25, 0.3) is 5.91 Å². The molecule has 4 atom stereocenters. The average molecular weight is 483 g/mol. The van der Waals surface area contributed by atoms with E-state index >= 15 is 0 Å². The Bertz CT molecular complexity index is 1170. The molecule has 3 aliphatic rings. The fourth-order valence-corrected chi connectivity index (χ4v) is 5.79. The summed E-state index contributed by atoms with van der Waals surface area (Å²) in [5, 5.41) is 3.00. The van der Waals surface area contributed by atoms with Crippen LogP contribution < -0.4 is 15.0 Å². The first kappa shape index (κ1) is 22.4. The first-order valence-electron chi connectivity index (χ1n) is 11.2. The number of benzene rings is 2. The summed E-state index contributed by atoms with van der Waals surface area (Å²) in [5.41, 5.74) is 0.848. The van der Waals surface area contributed by atoms with Crippen molar-refractivity contribution in [1.82, 2.24) is 0 Å². The summed E-state index contributed by atoms with van der Waals surface area (Å²) in [4.78, 5) is 52.2. The first-order valence-corrected chi connectivity index (χ1v) is 11.5. The van der Waals surface area contributed by atoms with Crippen LogP contribution in [0.1, 0.15) is 29.6 Å². The SMILES string of the molecule is COc1ccc(Cl)cc1NC(=O)COC(=O)c1cccc(N2C(=O)[C@@H]3[C@H]4CC[C@@H](C4)[C@H]3C2=O)c1. The van der Waals surface area contributed by atoms with Crippen molar-refractivity contribution >= 4 is 46.7 Å². The lowest BCUT2D eigenvalue weighted by Crippen LogP contribution is -2.32. The molecule has 1 aliphatic heterocycles. The van der Waals surface area contributed by atoms with E-state index in [4.69, 9.17) is 21.1 Å². The third kappa shape index (κ3) is 3.81. The average Bonchev–Trinajstić information content (AvgIpc) is 3.51. The lowest BCUT2D eigenvalue weighted by atomic mass is 9.81. The molecule has 5 rings (SSSR count). The van der Waals surface area contributed by atoms with E-state index in [0.717, 1.165) is 19.3 Å². The van der Waals surface area contributed by atoms with Gasteiger partial charge in [-0.1, -0.05) is 17.7 Å². The number of nitrogens with zero attached hydrogens (tertiary/aromatic N) is 1. The molecule has 1 saturated heterocycles. The van der Waals surface area contributed by atoms with Crippen molar-refractivity contribution in [2.45, 2.75) is 19.3 Å². The van der Waals surface area contributed by atoms with Gasteiger partial charge in [-0.25, -0.2) is 4.79 Å². The molecule has 0 unspecified atom stereocenters. The standard InChI is InChI=1S/C25H23ClN2O6/c1-33-19-8-7-16(26)11-18(19)27-20(29)12-34-25(32)15-3-2-4-17(10-15)28-23(30)21-13-5-6-14(9-13)22(21)24(28)31/h2-4,7-8,10-11,13-14,21-22H,5-6,9,12H2,1H3,(H,27,29)/t13-,14-,21+,22+/m0/s1. The molecule has 0 spiro atoms. The third-order valence-corrected chi connectivity index (χ3v) is 7.27. The molecule has 2 aromatic rings. The predicted molar refractivity (Wildman–Crippen MR) is 124 cm³/mol. The zero-order chi connectivity index (χ0) is 24.0. The maximum absolute atomic E-state index is 13.1. The van der Waals surface area contributed by atoms with E-state index in [1.165, 1.54) is 30.2 Å². The highest BCUT2D eigenvalue weighted by Crippen LogP contribution is 2.56. The van der Waals surface area contributed by atoms with Crippen molar-refractivity contribution in [3.8, 4) is 5.75 Å². The van der Waals surface area contributed by atoms with Crippen LogP contribution in [0.15, 0.2) is 42.5 Å². The van der Waals surface area contributed by atoms with Gasteiger partial charge in [0.1, 0.15) is 5.75 Å². The normalized spacial score (nSPS) is 24.8. The fraction of sp³-hybridized carbons (Fsp3) is 0.360. The Morgan fingerprint density at radius 2 is 1.76 bits per heavy atom. The lowest BCUT2D eigenvalue weighted by Gasteiger charge is -2.19. The van der Waals surface area contributed by atoms with Gasteiger partial charge in [-0.2, -0.15) is 0 Å². The van der Waals surface area contributed by atoms with Crippen LogP contribution in [0.4, 0.5) is 11.4 Å². The van der Waals surface area contributed by atoms with Crippen LogP contribution in [-0.4, -0.2) is 37.4 Å². The van der Waals surface area contributed by atoms with Crippen LogP contribution in [0.5, 0.6) is 5.75 Å². The zero-order valence-electron chi connectivity index (χ0n) is 18.5. The van der Waals surface area contributed by atoms with Crippen molar-refractivity contribution in [2.24, 2.45) is 23.7 Å². The summed E-state index contributed by atoms with van der Waals surface area (Å²) < 4.78 is 10.3. The summed E-state index contributed by atoms with van der Waals surface area (Å²) in [7, 11) is 1.46. The van der Waals surface area contributed by atoms with Gasteiger partial charge in [0.2, 0.25) is 11.8 Å². The molecule has 1 N–H and O–H groups in total. The topological polar surface area (TPSA) is 102 Å². The summed E-state index contributed by atoms with van der Waals surface area (Å²) in [5.74, 6) is -1.18. The molecule has 176 valence electrons. The minimum Gasteiger partial charge on any atom is -0.495 e. The Balaban J connectivity index is 1.25. The molecule has 1 heterocycles. The number of rotatable bonds is 6. The molecule has 2 bridgehead atoms. The summed E-state index contributed by atoms with van der Waals surface area (Å²) >= 11 is 5.96. The number of fused-ring (bicyclic) bond motifs is 5. The van der Waals surface area contributed by atoms with E-state index in [1.54, 1.807) is 24.3 Å². The molecule has 2 aliphatic carbocycles. The van der Waals surface area contributed by atoms with Crippen LogP contribution in [0.3, 0.4) is 0 Å². The molecule has 2 aromatic carbocycles. The Hall–Kier alpha value is -3.39. The van der Waals surface area contributed by atoms with E-state index in [1.807, 2.05) is 0 Å². The largest absolute Gasteiger partial charge is 0.495 e. The number of ether oxygens (including phenoxy) is 2. The third-order valence-electron chi connectivity index (χ3n) is 7.04. The summed E-state index contributed by atoms with van der Waals surface area (Å²) in [6.45, 7) is -0.534. The number of hydrogen-bond donors (Lipinski definition) is 1. The lowest BCUT2D eigenvalue weighted by molar-refractivity contribution is -0.123. The maximum atomic E-state index is 13.1. The van der Waals surface area contributed by atoms with Crippen molar-refractivity contribution in [3.05, 3.63) is 53.1 Å². The monoisotopic (exact) mass is 482 g/mol. The molecule has 8 nitrogen and oxygen atoms in total. The molecule has 2 saturated carbocycles. The first-order chi connectivity index (χ1) is 16.4. The smallest absolute Gasteiger partial charge is 0.338 e. The van der Waals surface area contributed by atoms with Crippen molar-refractivity contribution in [1.29, 1.82) is 0 Å². The van der Waals surface area contributed by atoms with E-state index in [-0.39, 0.29) is 41.0 Å². The van der Waals surface area contributed by atoms with E-state index < -0.39 is 18.5 Å². The quantitative estimate of drug-likeness (QED) is 0.497. The van der Waals surface area contributed by atoms with Gasteiger partial charge in [0.05, 0.1) is 35.9 Å². The molecule has 3 amide bonds. The number of amides is 3. The highest BCUT2D eigenvalue weighted by Gasteiger charge is 2.61. The molecule has 34 heavy (non-hydrogen) atoms. The van der Waals surface area contributed by atoms with Gasteiger partial charge >= 0.3 is 5.97 Å². The number of imide groups is 1. The number of esters is 1. The van der Waals surface area contributed by atoms with Gasteiger partial charge in [0, 0.05) is 5.02 Å². The number of hydrogen-bond acceptors (Lipinski definition) is 6. The zero-order valence-corrected chi connectivity index (χ0v) is 19.2. The highest BCUT2D eigenvalue weighted by molar-refractivity contribution is 6.31. The number of carbonyl (C=O) groups excluding carboxylic acids is 4. The van der Waals surface area contributed by atoms with Crippen LogP contribution in [0.25, 0.3) is 0 Å². The van der Waals surface area contributed by atoms with Crippen LogP contribution >= 0.6 is 11.6 Å². The second-order valence-corrected chi connectivity index (χ2v) is 9.35. The Morgan fingerprint density at radius 1 is 1.06 bits per heavy atom. The minimum absolute atomic E-state index is 0.145. The van der Waals surface area contributed by atoms with Crippen molar-refractivity contribution < 1.29 is 28.7 Å². The summed E-state index contributed by atoms with van der Waals surface area (Å²) in [6, 6.07) is 10.9. The second kappa shape index (κ2) is 8.76. The molecular formula is C25H23ClN2O6. The van der Waals surface area contributed by atoms with E-state index in [2.05, 4.69) is 5.32 Å². The molecule has 9 heteroatoms. The van der Waals surface area contributed by atoms with Crippen molar-refractivity contribution in [3.63, 3.8) is 0 Å². The van der Waals surface area contributed by atoms with E-state index in [9.17, 15) is 19.2 Å². The number of methoxy groups -OCH3 is 1. The second-order valence-electron chi connectivity index (χ2n) is 8.92. The number of anilines is 2. The Labute approximate surface area is 201 Å². The maximum Gasteiger partial charge on any atom is 0.338 e.